The summed E-state index contributed by atoms with van der Waals surface area (Å²) in [4.78, 5) is 4.69. The van der Waals surface area contributed by atoms with Gasteiger partial charge in [0.25, 0.3) is 0 Å². The number of para-hydroxylation sites is 2. The van der Waals surface area contributed by atoms with Crippen molar-refractivity contribution in [1.29, 1.82) is 0 Å². The Morgan fingerprint density at radius 2 is 1.52 bits per heavy atom. The van der Waals surface area contributed by atoms with Crippen molar-refractivity contribution in [2.75, 3.05) is 22.0 Å². The van der Waals surface area contributed by atoms with Crippen LogP contribution < -0.4 is 15.8 Å². The summed E-state index contributed by atoms with van der Waals surface area (Å²) in [6.45, 7) is 0. The number of sulfonamides is 1. The lowest BCUT2D eigenvalue weighted by molar-refractivity contribution is 0.607. The van der Waals surface area contributed by atoms with E-state index in [9.17, 15) is 8.42 Å². The molecule has 0 spiro atoms. The smallest absolute Gasteiger partial charge is 0.229 e. The fraction of sp³-hybridized carbons (Fsp3) is 0.0500. The molecule has 1 aromatic heterocycles. The van der Waals surface area contributed by atoms with Crippen molar-refractivity contribution < 1.29 is 8.42 Å². The molecule has 6 nitrogen and oxygen atoms in total. The molecule has 0 amide bonds. The minimum Gasteiger partial charge on any atom is -0.397 e. The topological polar surface area (TPSA) is 97.1 Å². The lowest BCUT2D eigenvalue weighted by atomic mass is 10.1. The number of nitrogens with one attached hydrogen (secondary N) is 2. The van der Waals surface area contributed by atoms with Crippen molar-refractivity contribution >= 4 is 54.6 Å². The lowest BCUT2D eigenvalue weighted by Crippen LogP contribution is -2.09. The van der Waals surface area contributed by atoms with Crippen molar-refractivity contribution in [3.05, 3.63) is 66.7 Å². The van der Waals surface area contributed by atoms with E-state index in [1.165, 1.54) is 0 Å². The minimum absolute atomic E-state index is 0.511. The summed E-state index contributed by atoms with van der Waals surface area (Å²) in [7, 11) is -3.30. The largest absolute Gasteiger partial charge is 0.397 e. The maximum absolute atomic E-state index is 11.4. The van der Waals surface area contributed by atoms with Gasteiger partial charge in [-0.2, -0.15) is 0 Å². The lowest BCUT2D eigenvalue weighted by Gasteiger charge is -2.14. The first kappa shape index (κ1) is 17.1. The summed E-state index contributed by atoms with van der Waals surface area (Å²) in [6.07, 6.45) is 1.12. The second kappa shape index (κ2) is 6.44. The van der Waals surface area contributed by atoms with Crippen LogP contribution >= 0.6 is 0 Å². The quantitative estimate of drug-likeness (QED) is 0.367. The van der Waals surface area contributed by atoms with Gasteiger partial charge in [0.1, 0.15) is 0 Å². The van der Waals surface area contributed by atoms with Crippen LogP contribution in [0.25, 0.3) is 21.8 Å². The van der Waals surface area contributed by atoms with E-state index in [1.807, 2.05) is 54.6 Å². The summed E-state index contributed by atoms with van der Waals surface area (Å²) in [5, 5.41) is 5.34. The summed E-state index contributed by atoms with van der Waals surface area (Å²) in [5.41, 5.74) is 10.6. The molecule has 0 atom stereocenters. The maximum atomic E-state index is 11.4. The molecule has 0 saturated carbocycles. The molecule has 1 heterocycles. The van der Waals surface area contributed by atoms with Crippen LogP contribution in [0.5, 0.6) is 0 Å². The number of benzene rings is 3. The van der Waals surface area contributed by atoms with Crippen LogP contribution in [-0.2, 0) is 10.0 Å². The SMILES string of the molecule is CS(=O)(=O)Nc1ccc(Nc2c3ccccc3nc3c(N)cccc23)cc1. The van der Waals surface area contributed by atoms with Crippen molar-refractivity contribution in [2.24, 2.45) is 0 Å². The van der Waals surface area contributed by atoms with Gasteiger partial charge in [-0.1, -0.05) is 30.3 Å². The van der Waals surface area contributed by atoms with Crippen molar-refractivity contribution in [3.63, 3.8) is 0 Å². The third-order valence-corrected chi connectivity index (χ3v) is 4.81. The van der Waals surface area contributed by atoms with E-state index in [4.69, 9.17) is 10.7 Å². The van der Waals surface area contributed by atoms with Crippen molar-refractivity contribution in [1.82, 2.24) is 4.98 Å². The molecule has 0 aliphatic rings. The molecular formula is C20H18N4O2S. The van der Waals surface area contributed by atoms with E-state index in [2.05, 4.69) is 10.0 Å². The van der Waals surface area contributed by atoms with Gasteiger partial charge in [0.2, 0.25) is 10.0 Å². The van der Waals surface area contributed by atoms with E-state index in [0.717, 1.165) is 39.4 Å². The zero-order chi connectivity index (χ0) is 19.0. The molecule has 27 heavy (non-hydrogen) atoms. The molecule has 0 unspecified atom stereocenters. The molecule has 4 rings (SSSR count). The van der Waals surface area contributed by atoms with Crippen LogP contribution in [0, 0.1) is 0 Å². The molecule has 0 saturated heterocycles. The van der Waals surface area contributed by atoms with Gasteiger partial charge in [-0.15, -0.1) is 0 Å². The zero-order valence-electron chi connectivity index (χ0n) is 14.6. The van der Waals surface area contributed by atoms with Crippen LogP contribution in [0.2, 0.25) is 0 Å². The highest BCUT2D eigenvalue weighted by Crippen LogP contribution is 2.35. The predicted molar refractivity (Wildman–Crippen MR) is 112 cm³/mol. The van der Waals surface area contributed by atoms with Crippen LogP contribution in [0.4, 0.5) is 22.7 Å². The zero-order valence-corrected chi connectivity index (χ0v) is 15.4. The number of aromatic nitrogens is 1. The Morgan fingerprint density at radius 3 is 2.26 bits per heavy atom. The Hall–Kier alpha value is -3.32. The van der Waals surface area contributed by atoms with Crippen LogP contribution in [-0.4, -0.2) is 19.7 Å². The monoisotopic (exact) mass is 378 g/mol. The Morgan fingerprint density at radius 1 is 0.852 bits per heavy atom. The minimum atomic E-state index is -3.30. The van der Waals surface area contributed by atoms with Crippen LogP contribution in [0.3, 0.4) is 0 Å². The van der Waals surface area contributed by atoms with E-state index in [-0.39, 0.29) is 0 Å². The number of nitrogens with zero attached hydrogens (tertiary/aromatic N) is 1. The highest BCUT2D eigenvalue weighted by Gasteiger charge is 2.11. The first-order valence-corrected chi connectivity index (χ1v) is 10.2. The molecule has 0 aliphatic carbocycles. The molecule has 0 radical (unpaired) electrons. The number of anilines is 4. The van der Waals surface area contributed by atoms with Crippen LogP contribution in [0.1, 0.15) is 0 Å². The molecule has 0 bridgehead atoms. The molecule has 0 fully saturated rings. The second-order valence-electron chi connectivity index (χ2n) is 6.32. The molecule has 136 valence electrons. The van der Waals surface area contributed by atoms with Crippen molar-refractivity contribution in [2.45, 2.75) is 0 Å². The normalized spacial score (nSPS) is 11.6. The number of nitrogens with two attached hydrogens (primary N) is 1. The Kier molecular flexibility index (Phi) is 4.08. The average molecular weight is 378 g/mol. The van der Waals surface area contributed by atoms with Gasteiger partial charge in [-0.3, -0.25) is 4.72 Å². The fourth-order valence-electron chi connectivity index (χ4n) is 3.05. The number of fused-ring (bicyclic) bond motifs is 2. The van der Waals surface area contributed by atoms with E-state index in [0.29, 0.717) is 11.4 Å². The molecule has 3 aromatic carbocycles. The Labute approximate surface area is 157 Å². The summed E-state index contributed by atoms with van der Waals surface area (Å²) in [5.74, 6) is 0. The molecule has 4 aromatic rings. The molecule has 0 aliphatic heterocycles. The van der Waals surface area contributed by atoms with E-state index < -0.39 is 10.0 Å². The number of nitrogen functional groups attached to an aromatic ring is 1. The highest BCUT2D eigenvalue weighted by atomic mass is 32.2. The predicted octanol–water partition coefficient (Wildman–Crippen LogP) is 4.09. The number of hydrogen-bond acceptors (Lipinski definition) is 5. The van der Waals surface area contributed by atoms with E-state index in [1.54, 1.807) is 12.1 Å². The molecular weight excluding hydrogens is 360 g/mol. The van der Waals surface area contributed by atoms with E-state index >= 15 is 0 Å². The summed E-state index contributed by atoms with van der Waals surface area (Å²) >= 11 is 0. The number of pyridine rings is 1. The summed E-state index contributed by atoms with van der Waals surface area (Å²) in [6, 6.07) is 20.6. The summed E-state index contributed by atoms with van der Waals surface area (Å²) < 4.78 is 25.2. The molecule has 4 N–H and O–H groups in total. The molecule has 7 heteroatoms. The van der Waals surface area contributed by atoms with Gasteiger partial charge in [0.15, 0.2) is 0 Å². The Balaban J connectivity index is 1.82. The van der Waals surface area contributed by atoms with Gasteiger partial charge >= 0.3 is 0 Å². The van der Waals surface area contributed by atoms with Gasteiger partial charge in [0, 0.05) is 22.1 Å². The Bertz CT molecular complexity index is 1250. The standard InChI is InChI=1S/C20H18N4O2S/c1-27(25,26)24-14-11-9-13(10-12-14)22-19-15-5-2-3-8-18(15)23-20-16(19)6-4-7-17(20)21/h2-12,24H,21H2,1H3,(H,22,23). The number of hydrogen-bond donors (Lipinski definition) is 3. The highest BCUT2D eigenvalue weighted by molar-refractivity contribution is 7.92. The first-order chi connectivity index (χ1) is 12.9. The van der Waals surface area contributed by atoms with Gasteiger partial charge in [0.05, 0.1) is 28.7 Å². The van der Waals surface area contributed by atoms with Gasteiger partial charge < -0.3 is 11.1 Å². The average Bonchev–Trinajstić information content (AvgIpc) is 2.63. The first-order valence-electron chi connectivity index (χ1n) is 8.32. The fourth-order valence-corrected chi connectivity index (χ4v) is 3.61. The van der Waals surface area contributed by atoms with Crippen molar-refractivity contribution in [3.8, 4) is 0 Å². The van der Waals surface area contributed by atoms with Gasteiger partial charge in [-0.05, 0) is 36.4 Å². The van der Waals surface area contributed by atoms with Crippen LogP contribution in [0.15, 0.2) is 66.7 Å². The maximum Gasteiger partial charge on any atom is 0.229 e. The third-order valence-electron chi connectivity index (χ3n) is 4.20. The van der Waals surface area contributed by atoms with Gasteiger partial charge in [-0.25, -0.2) is 13.4 Å². The third kappa shape index (κ3) is 3.50. The number of rotatable bonds is 4. The second-order valence-corrected chi connectivity index (χ2v) is 8.07.